The van der Waals surface area contributed by atoms with Crippen molar-refractivity contribution in [3.63, 3.8) is 0 Å². The number of nitrogen functional groups attached to an aromatic ring is 1. The van der Waals surface area contributed by atoms with E-state index in [1.54, 1.807) is 25.3 Å². The molecule has 4 N–H and O–H groups in total. The second-order valence-electron chi connectivity index (χ2n) is 6.18. The number of thioether (sulfide) groups is 1. The van der Waals surface area contributed by atoms with Crippen LogP contribution in [0, 0.1) is 0 Å². The van der Waals surface area contributed by atoms with Gasteiger partial charge in [-0.3, -0.25) is 4.79 Å². The Hall–Kier alpha value is -2.95. The highest BCUT2D eigenvalue weighted by atomic mass is 35.5. The third kappa shape index (κ3) is 6.03. The molecule has 162 valence electrons. The molecule has 1 aromatic heterocycles. The van der Waals surface area contributed by atoms with Gasteiger partial charge in [0.05, 0.1) is 29.3 Å². The number of methoxy groups -OCH3 is 1. The van der Waals surface area contributed by atoms with Crippen LogP contribution in [0.15, 0.2) is 52.7 Å². The number of rotatable bonds is 8. The minimum atomic E-state index is -0.293. The van der Waals surface area contributed by atoms with Crippen LogP contribution in [0.3, 0.4) is 0 Å². The second kappa shape index (κ2) is 10.4. The van der Waals surface area contributed by atoms with Crippen LogP contribution >= 0.6 is 35.0 Å². The summed E-state index contributed by atoms with van der Waals surface area (Å²) in [6.45, 7) is 1.83. The molecule has 0 aliphatic rings. The first kappa shape index (κ1) is 22.7. The molecule has 0 bridgehead atoms. The van der Waals surface area contributed by atoms with E-state index in [0.29, 0.717) is 26.6 Å². The number of hydrogen-bond donors (Lipinski definition) is 3. The lowest BCUT2D eigenvalue weighted by atomic mass is 10.1. The van der Waals surface area contributed by atoms with E-state index in [4.69, 9.17) is 33.8 Å². The second-order valence-corrected chi connectivity index (χ2v) is 7.96. The maximum atomic E-state index is 12.2. The van der Waals surface area contributed by atoms with Crippen molar-refractivity contribution in [2.45, 2.75) is 12.1 Å². The third-order valence-electron chi connectivity index (χ3n) is 4.01. The number of ether oxygens (including phenoxy) is 1. The molecular weight excluding hydrogens is 461 g/mol. The number of nitrogens with one attached hydrogen (secondary N) is 2. The molecule has 9 nitrogen and oxygen atoms in total. The Kier molecular flexibility index (Phi) is 7.61. The van der Waals surface area contributed by atoms with Crippen LogP contribution in [0.4, 0.5) is 11.6 Å². The lowest BCUT2D eigenvalue weighted by Gasteiger charge is -2.07. The fraction of sp³-hybridized carbons (Fsp3) is 0.158. The van der Waals surface area contributed by atoms with Gasteiger partial charge in [0.15, 0.2) is 0 Å². The predicted molar refractivity (Wildman–Crippen MR) is 125 cm³/mol. The Morgan fingerprint density at radius 3 is 2.84 bits per heavy atom. The molecule has 0 spiro atoms. The topological polar surface area (TPSA) is 119 Å². The van der Waals surface area contributed by atoms with Crippen LogP contribution in [0.25, 0.3) is 0 Å². The monoisotopic (exact) mass is 479 g/mol. The SMILES string of the molecule is COc1cccc(/C(C)=N/Nc2nnc(SCC(=O)Nc3cc(Cl)ccc3Cl)n2N)c1. The van der Waals surface area contributed by atoms with Gasteiger partial charge in [-0.15, -0.1) is 10.2 Å². The molecule has 0 aliphatic carbocycles. The molecule has 2 aromatic carbocycles. The minimum absolute atomic E-state index is 0.0459. The normalized spacial score (nSPS) is 11.3. The Labute approximate surface area is 192 Å². The molecule has 1 amide bonds. The van der Waals surface area contributed by atoms with Crippen molar-refractivity contribution in [2.75, 3.05) is 29.4 Å². The first-order valence-electron chi connectivity index (χ1n) is 8.90. The van der Waals surface area contributed by atoms with Gasteiger partial charge in [0.25, 0.3) is 5.95 Å². The number of amides is 1. The van der Waals surface area contributed by atoms with Crippen molar-refractivity contribution >= 4 is 58.2 Å². The fourth-order valence-corrected chi connectivity index (χ4v) is 3.40. The smallest absolute Gasteiger partial charge is 0.264 e. The Morgan fingerprint density at radius 1 is 1.26 bits per heavy atom. The average molecular weight is 480 g/mol. The van der Waals surface area contributed by atoms with Crippen LogP contribution in [-0.2, 0) is 4.79 Å². The number of aromatic nitrogens is 3. The van der Waals surface area contributed by atoms with Gasteiger partial charge in [-0.25, -0.2) is 10.1 Å². The summed E-state index contributed by atoms with van der Waals surface area (Å²) in [5.41, 5.74) is 4.78. The summed E-state index contributed by atoms with van der Waals surface area (Å²) < 4.78 is 6.43. The van der Waals surface area contributed by atoms with Gasteiger partial charge in [-0.05, 0) is 37.3 Å². The lowest BCUT2D eigenvalue weighted by molar-refractivity contribution is -0.113. The molecular formula is C19H19Cl2N7O2S. The zero-order valence-corrected chi connectivity index (χ0v) is 18.9. The maximum Gasteiger partial charge on any atom is 0.264 e. The van der Waals surface area contributed by atoms with E-state index in [-0.39, 0.29) is 17.6 Å². The Bertz CT molecular complexity index is 1120. The Balaban J connectivity index is 1.59. The number of nitrogens with two attached hydrogens (primary N) is 1. The van der Waals surface area contributed by atoms with Crippen molar-refractivity contribution in [1.82, 2.24) is 14.9 Å². The molecule has 0 aliphatic heterocycles. The van der Waals surface area contributed by atoms with Crippen LogP contribution in [-0.4, -0.2) is 39.4 Å². The summed E-state index contributed by atoms with van der Waals surface area (Å²) in [5.74, 6) is 6.71. The van der Waals surface area contributed by atoms with Crippen LogP contribution in [0.1, 0.15) is 12.5 Å². The Morgan fingerprint density at radius 2 is 2.06 bits per heavy atom. The zero-order chi connectivity index (χ0) is 22.4. The maximum absolute atomic E-state index is 12.2. The quantitative estimate of drug-likeness (QED) is 0.194. The summed E-state index contributed by atoms with van der Waals surface area (Å²) in [6, 6.07) is 12.3. The standard InChI is InChI=1S/C19H19Cl2N7O2S/c1-11(12-4-3-5-14(8-12)30-2)24-25-18-26-27-19(28(18)22)31-10-17(29)23-16-9-13(20)6-7-15(16)21/h3-9H,10,22H2,1-2H3,(H,23,29)(H,25,26)/b24-11+. The number of anilines is 2. The van der Waals surface area contributed by atoms with Gasteiger partial charge in [0.1, 0.15) is 5.75 Å². The number of hydrazone groups is 1. The highest BCUT2D eigenvalue weighted by Gasteiger charge is 2.13. The van der Waals surface area contributed by atoms with Crippen LogP contribution in [0.2, 0.25) is 10.0 Å². The van der Waals surface area contributed by atoms with Crippen molar-refractivity contribution in [1.29, 1.82) is 0 Å². The molecule has 0 atom stereocenters. The number of hydrogen-bond acceptors (Lipinski definition) is 8. The van der Waals surface area contributed by atoms with Gasteiger partial charge in [0.2, 0.25) is 11.1 Å². The number of carbonyl (C=O) groups is 1. The van der Waals surface area contributed by atoms with Gasteiger partial charge in [0, 0.05) is 10.6 Å². The van der Waals surface area contributed by atoms with E-state index in [1.807, 2.05) is 31.2 Å². The largest absolute Gasteiger partial charge is 0.497 e. The highest BCUT2D eigenvalue weighted by molar-refractivity contribution is 7.99. The molecule has 0 radical (unpaired) electrons. The van der Waals surface area contributed by atoms with E-state index in [2.05, 4.69) is 26.0 Å². The summed E-state index contributed by atoms with van der Waals surface area (Å²) in [5, 5.41) is 16.1. The molecule has 3 rings (SSSR count). The third-order valence-corrected chi connectivity index (χ3v) is 5.52. The number of halogens is 2. The van der Waals surface area contributed by atoms with Crippen molar-refractivity contribution < 1.29 is 9.53 Å². The summed E-state index contributed by atoms with van der Waals surface area (Å²) >= 11 is 13.1. The molecule has 31 heavy (non-hydrogen) atoms. The van der Waals surface area contributed by atoms with Crippen molar-refractivity contribution in [3.8, 4) is 5.75 Å². The molecule has 0 saturated carbocycles. The van der Waals surface area contributed by atoms with Gasteiger partial charge in [-0.2, -0.15) is 5.10 Å². The minimum Gasteiger partial charge on any atom is -0.497 e. The summed E-state index contributed by atoms with van der Waals surface area (Å²) in [6.07, 6.45) is 0. The fourth-order valence-electron chi connectivity index (χ4n) is 2.41. The van der Waals surface area contributed by atoms with E-state index < -0.39 is 0 Å². The van der Waals surface area contributed by atoms with E-state index >= 15 is 0 Å². The van der Waals surface area contributed by atoms with Crippen molar-refractivity contribution in [3.05, 3.63) is 58.1 Å². The molecule has 1 heterocycles. The van der Waals surface area contributed by atoms with E-state index in [9.17, 15) is 4.79 Å². The molecule has 0 saturated heterocycles. The number of carbonyl (C=O) groups excluding carboxylic acids is 1. The number of nitrogens with zero attached hydrogens (tertiary/aromatic N) is 4. The molecule has 3 aromatic rings. The first-order chi connectivity index (χ1) is 14.9. The van der Waals surface area contributed by atoms with Gasteiger partial charge >= 0.3 is 0 Å². The molecule has 0 unspecified atom stereocenters. The van der Waals surface area contributed by atoms with Gasteiger partial charge < -0.3 is 15.9 Å². The summed E-state index contributed by atoms with van der Waals surface area (Å²) in [7, 11) is 1.60. The van der Waals surface area contributed by atoms with Crippen molar-refractivity contribution in [2.24, 2.45) is 5.10 Å². The van der Waals surface area contributed by atoms with E-state index in [1.165, 1.54) is 4.68 Å². The van der Waals surface area contributed by atoms with Crippen LogP contribution < -0.4 is 21.3 Å². The van der Waals surface area contributed by atoms with Crippen LogP contribution in [0.5, 0.6) is 5.75 Å². The molecule has 0 fully saturated rings. The summed E-state index contributed by atoms with van der Waals surface area (Å²) in [4.78, 5) is 12.2. The van der Waals surface area contributed by atoms with Gasteiger partial charge in [-0.1, -0.05) is 47.1 Å². The number of benzene rings is 2. The lowest BCUT2D eigenvalue weighted by Crippen LogP contribution is -2.17. The molecule has 12 heteroatoms. The predicted octanol–water partition coefficient (Wildman–Crippen LogP) is 3.87. The first-order valence-corrected chi connectivity index (χ1v) is 10.6. The average Bonchev–Trinajstić information content (AvgIpc) is 3.12. The zero-order valence-electron chi connectivity index (χ0n) is 16.6. The van der Waals surface area contributed by atoms with E-state index in [0.717, 1.165) is 23.1 Å². The highest BCUT2D eigenvalue weighted by Crippen LogP contribution is 2.26.